The average Bonchev–Trinajstić information content (AvgIpc) is 2.83. The second kappa shape index (κ2) is 7.54. The molecule has 0 aliphatic carbocycles. The summed E-state index contributed by atoms with van der Waals surface area (Å²) < 4.78 is 5.91. The maximum Gasteiger partial charge on any atom is 0.410 e. The van der Waals surface area contributed by atoms with Crippen LogP contribution >= 0.6 is 15.9 Å². The van der Waals surface area contributed by atoms with E-state index in [-0.39, 0.29) is 6.54 Å². The molecule has 1 atom stereocenters. The van der Waals surface area contributed by atoms with Crippen molar-refractivity contribution in [3.8, 4) is 0 Å². The minimum absolute atomic E-state index is 0.245. The van der Waals surface area contributed by atoms with Gasteiger partial charge < -0.3 is 9.64 Å². The molecule has 3 rings (SSSR count). The van der Waals surface area contributed by atoms with Crippen LogP contribution in [0.4, 0.5) is 10.5 Å². The number of rotatable bonds is 4. The number of benzene rings is 2. The first-order valence-corrected chi connectivity index (χ1v) is 9.45. The zero-order valence-electron chi connectivity index (χ0n) is 15.7. The van der Waals surface area contributed by atoms with Crippen LogP contribution in [0.15, 0.2) is 53.0 Å². The van der Waals surface area contributed by atoms with E-state index in [9.17, 15) is 14.8 Å². The number of carbonyl (C=O) groups excluding carboxylic acids is 2. The smallest absolute Gasteiger partial charge is 0.410 e. The highest BCUT2D eigenvalue weighted by Gasteiger charge is 2.55. The summed E-state index contributed by atoms with van der Waals surface area (Å²) in [7, 11) is 0. The molecule has 0 aromatic heterocycles. The second-order valence-corrected chi connectivity index (χ2v) is 8.35. The molecule has 8 heteroatoms. The van der Waals surface area contributed by atoms with E-state index in [0.29, 0.717) is 15.7 Å². The highest BCUT2D eigenvalue weighted by molar-refractivity contribution is 9.10. The van der Waals surface area contributed by atoms with Gasteiger partial charge in [0.25, 0.3) is 11.6 Å². The Balaban J connectivity index is 2.02. The lowest BCUT2D eigenvalue weighted by molar-refractivity contribution is -0.321. The Morgan fingerprint density at radius 3 is 2.50 bits per heavy atom. The van der Waals surface area contributed by atoms with Gasteiger partial charge in [0, 0.05) is 10.0 Å². The van der Waals surface area contributed by atoms with Gasteiger partial charge in [-0.2, -0.15) is 4.89 Å². The zero-order valence-corrected chi connectivity index (χ0v) is 17.3. The fourth-order valence-corrected chi connectivity index (χ4v) is 3.40. The largest absolute Gasteiger partial charge is 0.444 e. The molecule has 0 saturated carbocycles. The molecule has 28 heavy (non-hydrogen) atoms. The minimum Gasteiger partial charge on any atom is -0.444 e. The Bertz CT molecular complexity index is 897. The van der Waals surface area contributed by atoms with Crippen molar-refractivity contribution < 1.29 is 24.5 Å². The van der Waals surface area contributed by atoms with E-state index in [4.69, 9.17) is 4.74 Å². The lowest BCUT2D eigenvalue weighted by Crippen LogP contribution is -2.55. The molecule has 1 aliphatic rings. The molecule has 1 aliphatic heterocycles. The molecular weight excluding hydrogens is 428 g/mol. The van der Waals surface area contributed by atoms with Crippen molar-refractivity contribution in [2.45, 2.75) is 38.6 Å². The quantitative estimate of drug-likeness (QED) is 0.416. The van der Waals surface area contributed by atoms with Crippen molar-refractivity contribution >= 4 is 33.6 Å². The van der Waals surface area contributed by atoms with Crippen molar-refractivity contribution in [2.75, 3.05) is 4.90 Å². The summed E-state index contributed by atoms with van der Waals surface area (Å²) in [6, 6.07) is 14.5. The molecule has 0 saturated heterocycles. The van der Waals surface area contributed by atoms with Gasteiger partial charge in [-0.15, -0.1) is 0 Å². The molecule has 0 spiro atoms. The SMILES string of the molecule is CC(C)(C)OC(=O)N[C@@]1(OO)C(=O)N(Cc2ccccc2)c2ccc(Br)cc21. The maximum atomic E-state index is 13.3. The average molecular weight is 449 g/mol. The van der Waals surface area contributed by atoms with Gasteiger partial charge in [-0.05, 0) is 44.5 Å². The van der Waals surface area contributed by atoms with Crippen molar-refractivity contribution in [3.05, 3.63) is 64.1 Å². The number of hydrogen-bond donors (Lipinski definition) is 2. The Hall–Kier alpha value is -2.42. The molecule has 0 radical (unpaired) electrons. The summed E-state index contributed by atoms with van der Waals surface area (Å²) in [5.41, 5.74) is -1.18. The van der Waals surface area contributed by atoms with Gasteiger partial charge in [-0.1, -0.05) is 46.3 Å². The first-order valence-electron chi connectivity index (χ1n) is 8.66. The molecule has 2 aromatic rings. The van der Waals surface area contributed by atoms with E-state index in [1.807, 2.05) is 30.3 Å². The van der Waals surface area contributed by atoms with Gasteiger partial charge in [0.2, 0.25) is 0 Å². The van der Waals surface area contributed by atoms with Gasteiger partial charge in [-0.3, -0.25) is 10.1 Å². The maximum absolute atomic E-state index is 13.3. The fourth-order valence-electron chi connectivity index (χ4n) is 3.04. The van der Waals surface area contributed by atoms with E-state index >= 15 is 0 Å². The molecular formula is C20H21BrN2O5. The third-order valence-corrected chi connectivity index (χ3v) is 4.67. The number of alkyl carbamates (subject to hydrolysis) is 1. The first-order chi connectivity index (χ1) is 13.2. The van der Waals surface area contributed by atoms with Crippen molar-refractivity contribution in [2.24, 2.45) is 0 Å². The van der Waals surface area contributed by atoms with Gasteiger partial charge >= 0.3 is 6.09 Å². The Morgan fingerprint density at radius 2 is 1.89 bits per heavy atom. The predicted molar refractivity (Wildman–Crippen MR) is 107 cm³/mol. The summed E-state index contributed by atoms with van der Waals surface area (Å²) in [4.78, 5) is 31.7. The number of hydrogen-bond acceptors (Lipinski definition) is 5. The van der Waals surface area contributed by atoms with E-state index in [1.54, 1.807) is 39.0 Å². The van der Waals surface area contributed by atoms with Gasteiger partial charge in [0.15, 0.2) is 0 Å². The van der Waals surface area contributed by atoms with E-state index in [1.165, 1.54) is 4.90 Å². The van der Waals surface area contributed by atoms with Crippen molar-refractivity contribution in [1.29, 1.82) is 0 Å². The first kappa shape index (κ1) is 20.3. The fraction of sp³-hybridized carbons (Fsp3) is 0.300. The number of fused-ring (bicyclic) bond motifs is 1. The zero-order chi connectivity index (χ0) is 20.5. The van der Waals surface area contributed by atoms with Crippen LogP contribution in [-0.2, 0) is 26.7 Å². The van der Waals surface area contributed by atoms with Crippen LogP contribution in [0.25, 0.3) is 0 Å². The lowest BCUT2D eigenvalue weighted by atomic mass is 10.0. The third kappa shape index (κ3) is 3.89. The van der Waals surface area contributed by atoms with Crippen molar-refractivity contribution in [1.82, 2.24) is 5.32 Å². The molecule has 0 unspecified atom stereocenters. The number of carbonyl (C=O) groups is 2. The standard InChI is InChI=1S/C20H21BrN2O5/c1-19(2,3)27-18(25)22-20(28-26)15-11-14(21)9-10-16(15)23(17(20)24)12-13-7-5-4-6-8-13/h4-11,26H,12H2,1-3H3,(H,22,25)/t20-/m0/s1. The van der Waals surface area contributed by atoms with Crippen LogP contribution in [-0.4, -0.2) is 22.9 Å². The number of nitrogens with zero attached hydrogens (tertiary/aromatic N) is 1. The molecule has 1 heterocycles. The minimum atomic E-state index is -2.10. The van der Waals surface area contributed by atoms with Crippen LogP contribution < -0.4 is 10.2 Å². The van der Waals surface area contributed by atoms with Crippen LogP contribution in [0.5, 0.6) is 0 Å². The number of ether oxygens (including phenoxy) is 1. The summed E-state index contributed by atoms with van der Waals surface area (Å²) in [5, 5.41) is 12.1. The molecule has 0 fully saturated rings. The molecule has 2 N–H and O–H groups in total. The summed E-state index contributed by atoms with van der Waals surface area (Å²) >= 11 is 3.36. The van der Waals surface area contributed by atoms with Crippen LogP contribution in [0.2, 0.25) is 0 Å². The topological polar surface area (TPSA) is 88.1 Å². The molecule has 2 aromatic carbocycles. The normalized spacial score (nSPS) is 18.8. The Morgan fingerprint density at radius 1 is 1.21 bits per heavy atom. The van der Waals surface area contributed by atoms with Crippen LogP contribution in [0.1, 0.15) is 31.9 Å². The molecule has 0 bridgehead atoms. The van der Waals surface area contributed by atoms with Gasteiger partial charge in [0.05, 0.1) is 12.2 Å². The lowest BCUT2D eigenvalue weighted by Gasteiger charge is -2.28. The van der Waals surface area contributed by atoms with Gasteiger partial charge in [-0.25, -0.2) is 10.1 Å². The number of amides is 2. The predicted octanol–water partition coefficient (Wildman–Crippen LogP) is 4.16. The van der Waals surface area contributed by atoms with Gasteiger partial charge in [0.1, 0.15) is 5.60 Å². The van der Waals surface area contributed by atoms with Crippen molar-refractivity contribution in [3.63, 3.8) is 0 Å². The van der Waals surface area contributed by atoms with E-state index in [2.05, 4.69) is 26.1 Å². The summed E-state index contributed by atoms with van der Waals surface area (Å²) in [6.45, 7) is 5.33. The molecule has 7 nitrogen and oxygen atoms in total. The Kier molecular flexibility index (Phi) is 5.47. The number of nitrogens with one attached hydrogen (secondary N) is 1. The Labute approximate surface area is 171 Å². The summed E-state index contributed by atoms with van der Waals surface area (Å²) in [5.74, 6) is -0.627. The monoisotopic (exact) mass is 448 g/mol. The third-order valence-electron chi connectivity index (χ3n) is 4.17. The van der Waals surface area contributed by atoms with Crippen LogP contribution in [0, 0.1) is 0 Å². The highest BCUT2D eigenvalue weighted by Crippen LogP contribution is 2.43. The molecule has 2 amide bonds. The molecule has 148 valence electrons. The summed E-state index contributed by atoms with van der Waals surface area (Å²) in [6.07, 6.45) is -0.887. The number of halogens is 1. The second-order valence-electron chi connectivity index (χ2n) is 7.44. The van der Waals surface area contributed by atoms with E-state index < -0.39 is 23.3 Å². The van der Waals surface area contributed by atoms with Crippen LogP contribution in [0.3, 0.4) is 0 Å². The van der Waals surface area contributed by atoms with E-state index in [0.717, 1.165) is 5.56 Å². The number of anilines is 1. The highest BCUT2D eigenvalue weighted by atomic mass is 79.9.